The number of hydrogen-bond donors (Lipinski definition) is 0. The molecule has 0 amide bonds. The average Bonchev–Trinajstić information content (AvgIpc) is 2.54. The van der Waals surface area contributed by atoms with Crippen molar-refractivity contribution in [3.63, 3.8) is 0 Å². The second-order valence-electron chi connectivity index (χ2n) is 5.32. The molecule has 1 aliphatic carbocycles. The molecule has 22 heavy (non-hydrogen) atoms. The van der Waals surface area contributed by atoms with Gasteiger partial charge in [0.05, 0.1) is 5.76 Å². The van der Waals surface area contributed by atoms with Crippen molar-refractivity contribution < 1.29 is 14.3 Å². The van der Waals surface area contributed by atoms with Gasteiger partial charge in [0.2, 0.25) is 0 Å². The van der Waals surface area contributed by atoms with E-state index in [1.807, 2.05) is 55.5 Å². The van der Waals surface area contributed by atoms with Gasteiger partial charge in [-0.1, -0.05) is 30.4 Å². The van der Waals surface area contributed by atoms with Gasteiger partial charge < -0.3 is 14.3 Å². The van der Waals surface area contributed by atoms with E-state index in [1.54, 1.807) is 0 Å². The van der Waals surface area contributed by atoms with Crippen molar-refractivity contribution in [3.05, 3.63) is 77.1 Å². The molecular weight excluding hydrogens is 276 g/mol. The fourth-order valence-corrected chi connectivity index (χ4v) is 2.58. The van der Waals surface area contributed by atoms with Crippen molar-refractivity contribution >= 4 is 6.29 Å². The zero-order valence-electron chi connectivity index (χ0n) is 12.5. The molecule has 0 bridgehead atoms. The summed E-state index contributed by atoms with van der Waals surface area (Å²) < 4.78 is 11.7. The van der Waals surface area contributed by atoms with E-state index >= 15 is 0 Å². The molecule has 2 aliphatic rings. The van der Waals surface area contributed by atoms with E-state index in [2.05, 4.69) is 6.08 Å². The summed E-state index contributed by atoms with van der Waals surface area (Å²) in [7, 11) is 0. The van der Waals surface area contributed by atoms with Crippen LogP contribution in [0.4, 0.5) is 0 Å². The summed E-state index contributed by atoms with van der Waals surface area (Å²) in [6.45, 7) is 2.45. The summed E-state index contributed by atoms with van der Waals surface area (Å²) in [6, 6.07) is 7.62. The molecule has 0 radical (unpaired) electrons. The van der Waals surface area contributed by atoms with E-state index in [1.165, 1.54) is 0 Å². The summed E-state index contributed by atoms with van der Waals surface area (Å²) >= 11 is 0. The van der Waals surface area contributed by atoms with Gasteiger partial charge in [0.1, 0.15) is 24.7 Å². The number of aldehydes is 1. The van der Waals surface area contributed by atoms with Gasteiger partial charge in [-0.2, -0.15) is 0 Å². The first-order chi connectivity index (χ1) is 10.8. The van der Waals surface area contributed by atoms with Gasteiger partial charge >= 0.3 is 0 Å². The number of rotatable bonds is 5. The SMILES string of the molecule is CC1=CC(COc2ccc(CC=O)cc2)=C2C=CC=CC2O1. The molecule has 0 saturated carbocycles. The standard InChI is InChI=1S/C19H18O3/c1-14-12-16(18-4-2-3-5-19(18)22-14)13-21-17-8-6-15(7-9-17)10-11-20/h2-9,11-12,19H,10,13H2,1H3. The zero-order valence-corrected chi connectivity index (χ0v) is 12.5. The third-order valence-electron chi connectivity index (χ3n) is 3.68. The lowest BCUT2D eigenvalue weighted by molar-refractivity contribution is -0.107. The van der Waals surface area contributed by atoms with Crippen LogP contribution in [-0.4, -0.2) is 19.0 Å². The normalized spacial score (nSPS) is 19.3. The van der Waals surface area contributed by atoms with Gasteiger partial charge in [0.15, 0.2) is 0 Å². The number of ether oxygens (including phenoxy) is 2. The van der Waals surface area contributed by atoms with Crippen LogP contribution in [0.3, 0.4) is 0 Å². The number of allylic oxidation sites excluding steroid dienone is 3. The molecule has 1 aliphatic heterocycles. The Morgan fingerprint density at radius 3 is 2.82 bits per heavy atom. The minimum atomic E-state index is -0.0106. The molecule has 0 fully saturated rings. The Kier molecular flexibility index (Phi) is 4.24. The molecule has 0 saturated heterocycles. The van der Waals surface area contributed by atoms with Crippen LogP contribution in [0.5, 0.6) is 5.75 Å². The fraction of sp³-hybridized carbons (Fsp3) is 0.211. The lowest BCUT2D eigenvalue weighted by Crippen LogP contribution is -2.20. The first-order valence-electron chi connectivity index (χ1n) is 7.34. The molecule has 1 aromatic carbocycles. The van der Waals surface area contributed by atoms with Crippen LogP contribution in [0.1, 0.15) is 12.5 Å². The number of fused-ring (bicyclic) bond motifs is 1. The van der Waals surface area contributed by atoms with Gasteiger partial charge in [-0.3, -0.25) is 0 Å². The highest BCUT2D eigenvalue weighted by atomic mass is 16.5. The Labute approximate surface area is 130 Å². The maximum atomic E-state index is 10.5. The van der Waals surface area contributed by atoms with E-state index < -0.39 is 0 Å². The van der Waals surface area contributed by atoms with Crippen molar-refractivity contribution in [2.45, 2.75) is 19.4 Å². The predicted molar refractivity (Wildman–Crippen MR) is 85.6 cm³/mol. The zero-order chi connectivity index (χ0) is 15.4. The highest BCUT2D eigenvalue weighted by molar-refractivity contribution is 5.55. The molecule has 1 heterocycles. The molecule has 3 nitrogen and oxygen atoms in total. The van der Waals surface area contributed by atoms with Crippen LogP contribution in [0.25, 0.3) is 0 Å². The lowest BCUT2D eigenvalue weighted by Gasteiger charge is -2.26. The van der Waals surface area contributed by atoms with Gasteiger partial charge in [-0.25, -0.2) is 0 Å². The molecule has 0 N–H and O–H groups in total. The predicted octanol–water partition coefficient (Wildman–Crippen LogP) is 3.53. The number of carbonyl (C=O) groups is 1. The summed E-state index contributed by atoms with van der Waals surface area (Å²) in [5.41, 5.74) is 3.27. The number of hydrogen-bond acceptors (Lipinski definition) is 3. The third kappa shape index (κ3) is 3.19. The Balaban J connectivity index is 1.72. The van der Waals surface area contributed by atoms with E-state index in [9.17, 15) is 4.79 Å². The molecular formula is C19H18O3. The highest BCUT2D eigenvalue weighted by Gasteiger charge is 2.21. The quantitative estimate of drug-likeness (QED) is 0.779. The largest absolute Gasteiger partial charge is 0.489 e. The lowest BCUT2D eigenvalue weighted by atomic mass is 9.96. The van der Waals surface area contributed by atoms with Crippen LogP contribution in [0, 0.1) is 0 Å². The van der Waals surface area contributed by atoms with Crippen molar-refractivity contribution in [1.82, 2.24) is 0 Å². The number of carbonyl (C=O) groups excluding carboxylic acids is 1. The van der Waals surface area contributed by atoms with Gasteiger partial charge in [-0.15, -0.1) is 0 Å². The summed E-state index contributed by atoms with van der Waals surface area (Å²) in [5, 5.41) is 0. The Morgan fingerprint density at radius 1 is 1.23 bits per heavy atom. The first kappa shape index (κ1) is 14.4. The molecule has 3 rings (SSSR count). The Hall–Kier alpha value is -2.55. The van der Waals surface area contributed by atoms with E-state index in [0.29, 0.717) is 13.0 Å². The molecule has 112 valence electrons. The van der Waals surface area contributed by atoms with Crippen LogP contribution in [0.2, 0.25) is 0 Å². The second-order valence-corrected chi connectivity index (χ2v) is 5.32. The topological polar surface area (TPSA) is 35.5 Å². The van der Waals surface area contributed by atoms with Crippen LogP contribution >= 0.6 is 0 Å². The smallest absolute Gasteiger partial charge is 0.142 e. The van der Waals surface area contributed by atoms with Crippen molar-refractivity contribution in [3.8, 4) is 5.75 Å². The summed E-state index contributed by atoms with van der Waals surface area (Å²) in [4.78, 5) is 10.5. The van der Waals surface area contributed by atoms with Gasteiger partial charge in [0, 0.05) is 12.0 Å². The van der Waals surface area contributed by atoms with Gasteiger partial charge in [0.25, 0.3) is 0 Å². The monoisotopic (exact) mass is 294 g/mol. The maximum absolute atomic E-state index is 10.5. The van der Waals surface area contributed by atoms with Gasteiger partial charge in [-0.05, 0) is 42.3 Å². The summed E-state index contributed by atoms with van der Waals surface area (Å²) in [6.07, 6.45) is 11.5. The Morgan fingerprint density at radius 2 is 2.05 bits per heavy atom. The number of benzene rings is 1. The minimum absolute atomic E-state index is 0.0106. The summed E-state index contributed by atoms with van der Waals surface area (Å²) in [5.74, 6) is 1.70. The molecule has 0 aromatic heterocycles. The molecule has 1 atom stereocenters. The average molecular weight is 294 g/mol. The van der Waals surface area contributed by atoms with Crippen LogP contribution < -0.4 is 4.74 Å². The minimum Gasteiger partial charge on any atom is -0.489 e. The van der Waals surface area contributed by atoms with Crippen molar-refractivity contribution in [2.24, 2.45) is 0 Å². The third-order valence-corrected chi connectivity index (χ3v) is 3.68. The van der Waals surface area contributed by atoms with Crippen molar-refractivity contribution in [1.29, 1.82) is 0 Å². The molecule has 3 heteroatoms. The van der Waals surface area contributed by atoms with E-state index in [0.717, 1.165) is 34.5 Å². The molecule has 1 aromatic rings. The highest BCUT2D eigenvalue weighted by Crippen LogP contribution is 2.28. The van der Waals surface area contributed by atoms with Crippen LogP contribution in [-0.2, 0) is 16.0 Å². The fourth-order valence-electron chi connectivity index (χ4n) is 2.58. The molecule has 0 spiro atoms. The Bertz CT molecular complexity index is 675. The molecule has 1 unspecified atom stereocenters. The van der Waals surface area contributed by atoms with E-state index in [4.69, 9.17) is 9.47 Å². The second kappa shape index (κ2) is 6.48. The van der Waals surface area contributed by atoms with E-state index in [-0.39, 0.29) is 6.10 Å². The maximum Gasteiger partial charge on any atom is 0.142 e. The van der Waals surface area contributed by atoms with Crippen LogP contribution in [0.15, 0.2) is 71.6 Å². The first-order valence-corrected chi connectivity index (χ1v) is 7.34. The van der Waals surface area contributed by atoms with Crippen molar-refractivity contribution in [2.75, 3.05) is 6.61 Å².